The average molecular weight is 417 g/mol. The Kier molecular flexibility index (Phi) is 6.61. The van der Waals surface area contributed by atoms with Gasteiger partial charge in [0, 0.05) is 43.8 Å². The number of carbonyl (C=O) groups is 1. The number of carbonyl (C=O) groups excluding carboxylic acids is 1. The Bertz CT molecular complexity index is 722. The molecule has 3 aliphatic rings. The summed E-state index contributed by atoms with van der Waals surface area (Å²) in [5, 5.41) is 6.99. The number of amides is 1. The number of nitrogens with one attached hydrogen (secondary N) is 2. The van der Waals surface area contributed by atoms with Gasteiger partial charge in [-0.05, 0) is 64.7 Å². The van der Waals surface area contributed by atoms with Crippen molar-refractivity contribution in [3.05, 3.63) is 6.20 Å². The normalized spacial score (nSPS) is 26.8. The van der Waals surface area contributed by atoms with Crippen molar-refractivity contribution in [1.29, 1.82) is 0 Å². The van der Waals surface area contributed by atoms with E-state index in [1.807, 2.05) is 0 Å². The van der Waals surface area contributed by atoms with Crippen LogP contribution < -0.4 is 16.4 Å². The topological polar surface area (TPSA) is 105 Å². The first kappa shape index (κ1) is 21.2. The third kappa shape index (κ3) is 5.14. The lowest BCUT2D eigenvalue weighted by atomic mass is 9.85. The van der Waals surface area contributed by atoms with E-state index >= 15 is 0 Å². The van der Waals surface area contributed by atoms with Crippen molar-refractivity contribution in [3.8, 4) is 0 Å². The molecule has 30 heavy (non-hydrogen) atoms. The summed E-state index contributed by atoms with van der Waals surface area (Å²) in [5.41, 5.74) is 6.65. The number of aromatic nitrogens is 2. The highest BCUT2D eigenvalue weighted by Gasteiger charge is 2.31. The van der Waals surface area contributed by atoms with E-state index in [1.54, 1.807) is 6.20 Å². The number of rotatable bonds is 5. The number of hydrogen-bond acceptors (Lipinski definition) is 7. The predicted molar refractivity (Wildman–Crippen MR) is 118 cm³/mol. The minimum Gasteiger partial charge on any atom is -0.394 e. The molecular formula is C22H36N6O2. The molecule has 8 nitrogen and oxygen atoms in total. The molecule has 1 aromatic rings. The molecule has 3 heterocycles. The highest BCUT2D eigenvalue weighted by atomic mass is 16.5. The molecule has 4 N–H and O–H groups in total. The van der Waals surface area contributed by atoms with E-state index in [1.165, 1.54) is 6.42 Å². The van der Waals surface area contributed by atoms with Crippen LogP contribution in [-0.4, -0.2) is 58.7 Å². The molecule has 0 unspecified atom stereocenters. The minimum absolute atomic E-state index is 0.0570. The first-order valence-electron chi connectivity index (χ1n) is 11.6. The van der Waals surface area contributed by atoms with E-state index in [-0.39, 0.29) is 11.5 Å². The van der Waals surface area contributed by atoms with Crippen molar-refractivity contribution in [2.45, 2.75) is 76.3 Å². The number of anilines is 3. The summed E-state index contributed by atoms with van der Waals surface area (Å²) in [6.07, 6.45) is 10.9. The SMILES string of the molecule is CC1(Nc2ncc(N)c(N[C@H]3CC[C@H](C(=O)N4CCCCC4)CC3)n2)CCOCC1. The van der Waals surface area contributed by atoms with Gasteiger partial charge in [0.15, 0.2) is 5.82 Å². The zero-order chi connectivity index (χ0) is 21.0. The molecule has 0 spiro atoms. The Labute approximate surface area is 179 Å². The van der Waals surface area contributed by atoms with Crippen LogP contribution >= 0.6 is 0 Å². The number of nitrogen functional groups attached to an aromatic ring is 1. The molecule has 2 saturated heterocycles. The van der Waals surface area contributed by atoms with Gasteiger partial charge in [-0.2, -0.15) is 4.98 Å². The second-order valence-electron chi connectivity index (χ2n) is 9.37. The summed E-state index contributed by atoms with van der Waals surface area (Å²) in [5.74, 6) is 1.83. The Hall–Kier alpha value is -2.09. The van der Waals surface area contributed by atoms with Crippen molar-refractivity contribution < 1.29 is 9.53 Å². The molecule has 2 aliphatic heterocycles. The van der Waals surface area contributed by atoms with Crippen LogP contribution in [0.1, 0.15) is 64.7 Å². The van der Waals surface area contributed by atoms with Crippen LogP contribution in [-0.2, 0) is 9.53 Å². The Balaban J connectivity index is 1.31. The van der Waals surface area contributed by atoms with Crippen molar-refractivity contribution in [2.24, 2.45) is 5.92 Å². The van der Waals surface area contributed by atoms with Crippen molar-refractivity contribution in [3.63, 3.8) is 0 Å². The molecule has 166 valence electrons. The lowest BCUT2D eigenvalue weighted by Crippen LogP contribution is -2.42. The first-order chi connectivity index (χ1) is 14.5. The van der Waals surface area contributed by atoms with Gasteiger partial charge in [0.25, 0.3) is 0 Å². The number of nitrogens with zero attached hydrogens (tertiary/aromatic N) is 3. The average Bonchev–Trinajstić information content (AvgIpc) is 2.77. The van der Waals surface area contributed by atoms with Crippen LogP contribution in [0.4, 0.5) is 17.5 Å². The molecule has 4 rings (SSSR count). The van der Waals surface area contributed by atoms with E-state index < -0.39 is 0 Å². The number of nitrogens with two attached hydrogens (primary N) is 1. The van der Waals surface area contributed by atoms with Gasteiger partial charge in [-0.15, -0.1) is 0 Å². The van der Waals surface area contributed by atoms with Gasteiger partial charge in [-0.25, -0.2) is 4.98 Å². The molecule has 0 bridgehead atoms. The molecule has 0 radical (unpaired) electrons. The van der Waals surface area contributed by atoms with Crippen LogP contribution in [0, 0.1) is 5.92 Å². The first-order valence-corrected chi connectivity index (χ1v) is 11.6. The summed E-state index contributed by atoms with van der Waals surface area (Å²) in [6, 6.07) is 0.291. The molecule has 1 aliphatic carbocycles. The maximum Gasteiger partial charge on any atom is 0.225 e. The Morgan fingerprint density at radius 2 is 1.87 bits per heavy atom. The zero-order valence-electron chi connectivity index (χ0n) is 18.2. The Morgan fingerprint density at radius 1 is 1.17 bits per heavy atom. The molecule has 1 saturated carbocycles. The highest BCUT2D eigenvalue weighted by molar-refractivity contribution is 5.79. The zero-order valence-corrected chi connectivity index (χ0v) is 18.2. The number of likely N-dealkylation sites (tertiary alicyclic amines) is 1. The summed E-state index contributed by atoms with van der Waals surface area (Å²) >= 11 is 0. The minimum atomic E-state index is -0.0570. The van der Waals surface area contributed by atoms with E-state index in [0.717, 1.165) is 77.7 Å². The fraction of sp³-hybridized carbons (Fsp3) is 0.773. The van der Waals surface area contributed by atoms with Crippen LogP contribution in [0.15, 0.2) is 6.20 Å². The second-order valence-corrected chi connectivity index (χ2v) is 9.37. The van der Waals surface area contributed by atoms with Gasteiger partial charge >= 0.3 is 0 Å². The van der Waals surface area contributed by atoms with Gasteiger partial charge in [-0.3, -0.25) is 4.79 Å². The van der Waals surface area contributed by atoms with E-state index in [4.69, 9.17) is 10.5 Å². The van der Waals surface area contributed by atoms with E-state index in [0.29, 0.717) is 29.4 Å². The van der Waals surface area contributed by atoms with Gasteiger partial charge < -0.3 is 26.0 Å². The van der Waals surface area contributed by atoms with Crippen molar-refractivity contribution in [2.75, 3.05) is 42.7 Å². The number of piperidine rings is 1. The standard InChI is InChI=1S/C22H36N6O2/c1-22(9-13-30-14-10-22)27-21-24-15-18(23)19(26-21)25-17-7-5-16(6-8-17)20(29)28-11-3-2-4-12-28/h15-17H,2-14,23H2,1H3,(H2,24,25,26,27)/t16-,17-. The maximum absolute atomic E-state index is 12.8. The molecular weight excluding hydrogens is 380 g/mol. The summed E-state index contributed by atoms with van der Waals surface area (Å²) < 4.78 is 5.47. The molecule has 3 fully saturated rings. The summed E-state index contributed by atoms with van der Waals surface area (Å²) in [4.78, 5) is 23.9. The van der Waals surface area contributed by atoms with Crippen LogP contribution in [0.25, 0.3) is 0 Å². The van der Waals surface area contributed by atoms with Crippen LogP contribution in [0.5, 0.6) is 0 Å². The molecule has 0 aromatic carbocycles. The fourth-order valence-electron chi connectivity index (χ4n) is 4.83. The summed E-state index contributed by atoms with van der Waals surface area (Å²) in [7, 11) is 0. The van der Waals surface area contributed by atoms with E-state index in [2.05, 4.69) is 32.4 Å². The lowest BCUT2D eigenvalue weighted by Gasteiger charge is -2.35. The smallest absolute Gasteiger partial charge is 0.225 e. The van der Waals surface area contributed by atoms with Crippen molar-refractivity contribution >= 4 is 23.4 Å². The predicted octanol–water partition coefficient (Wildman–Crippen LogP) is 3.02. The van der Waals surface area contributed by atoms with Gasteiger partial charge in [0.2, 0.25) is 11.9 Å². The quantitative estimate of drug-likeness (QED) is 0.677. The molecule has 1 aromatic heterocycles. The third-order valence-electron chi connectivity index (χ3n) is 6.91. The van der Waals surface area contributed by atoms with Crippen molar-refractivity contribution in [1.82, 2.24) is 14.9 Å². The molecule has 1 amide bonds. The van der Waals surface area contributed by atoms with Gasteiger partial charge in [0.05, 0.1) is 11.9 Å². The van der Waals surface area contributed by atoms with E-state index in [9.17, 15) is 4.79 Å². The third-order valence-corrected chi connectivity index (χ3v) is 6.91. The molecule has 0 atom stereocenters. The van der Waals surface area contributed by atoms with Gasteiger partial charge in [-0.1, -0.05) is 0 Å². The number of ether oxygens (including phenoxy) is 1. The molecule has 8 heteroatoms. The largest absolute Gasteiger partial charge is 0.394 e. The maximum atomic E-state index is 12.8. The second kappa shape index (κ2) is 9.37. The lowest BCUT2D eigenvalue weighted by molar-refractivity contribution is -0.137. The van der Waals surface area contributed by atoms with Gasteiger partial charge in [0.1, 0.15) is 0 Å². The van der Waals surface area contributed by atoms with Crippen LogP contribution in [0.2, 0.25) is 0 Å². The number of hydrogen-bond donors (Lipinski definition) is 3. The summed E-state index contributed by atoms with van der Waals surface area (Å²) in [6.45, 7) is 5.57. The fourth-order valence-corrected chi connectivity index (χ4v) is 4.83. The highest BCUT2D eigenvalue weighted by Crippen LogP contribution is 2.30. The van der Waals surface area contributed by atoms with Crippen LogP contribution in [0.3, 0.4) is 0 Å². The monoisotopic (exact) mass is 416 g/mol. The Morgan fingerprint density at radius 3 is 2.57 bits per heavy atom.